The molecule has 8 heteroatoms. The standard InChI is InChI=1S/C21H26N2O5S/c1-15-8-4-5-9-16(15)14-22-21(25)18(12-13-29(3,26)27)23-20(24)17-10-6-7-11-19(17)28-2/h4-11,18H,12-14H2,1-3H3,(H,22,25)(H,23,24)/t18-/m1/s1. The molecule has 1 atom stereocenters. The number of hydrogen-bond acceptors (Lipinski definition) is 5. The van der Waals surface area contributed by atoms with Gasteiger partial charge in [-0.1, -0.05) is 36.4 Å². The predicted octanol–water partition coefficient (Wildman–Crippen LogP) is 1.85. The Hall–Kier alpha value is -2.87. The first-order valence-electron chi connectivity index (χ1n) is 9.15. The lowest BCUT2D eigenvalue weighted by Gasteiger charge is -2.19. The highest BCUT2D eigenvalue weighted by Crippen LogP contribution is 2.17. The lowest BCUT2D eigenvalue weighted by Crippen LogP contribution is -2.47. The van der Waals surface area contributed by atoms with Crippen molar-refractivity contribution < 1.29 is 22.7 Å². The molecular formula is C21H26N2O5S. The van der Waals surface area contributed by atoms with Gasteiger partial charge in [0.15, 0.2) is 0 Å². The van der Waals surface area contributed by atoms with Gasteiger partial charge >= 0.3 is 0 Å². The molecule has 0 aliphatic carbocycles. The van der Waals surface area contributed by atoms with Gasteiger partial charge < -0.3 is 15.4 Å². The first kappa shape index (κ1) is 22.4. The summed E-state index contributed by atoms with van der Waals surface area (Å²) < 4.78 is 28.3. The van der Waals surface area contributed by atoms with E-state index in [0.29, 0.717) is 5.75 Å². The largest absolute Gasteiger partial charge is 0.496 e. The molecule has 0 spiro atoms. The van der Waals surface area contributed by atoms with Crippen LogP contribution in [-0.2, 0) is 21.2 Å². The summed E-state index contributed by atoms with van der Waals surface area (Å²) in [5.41, 5.74) is 2.24. The number of sulfone groups is 1. The molecule has 0 unspecified atom stereocenters. The third-order valence-corrected chi connectivity index (χ3v) is 5.44. The van der Waals surface area contributed by atoms with E-state index in [1.54, 1.807) is 24.3 Å². The van der Waals surface area contributed by atoms with Crippen molar-refractivity contribution in [1.29, 1.82) is 0 Å². The van der Waals surface area contributed by atoms with E-state index in [0.717, 1.165) is 17.4 Å². The summed E-state index contributed by atoms with van der Waals surface area (Å²) in [6, 6.07) is 13.2. The molecule has 0 saturated carbocycles. The van der Waals surface area contributed by atoms with Crippen LogP contribution < -0.4 is 15.4 Å². The average molecular weight is 419 g/mol. The summed E-state index contributed by atoms with van der Waals surface area (Å²) in [5.74, 6) is -0.805. The van der Waals surface area contributed by atoms with Gasteiger partial charge in [0.25, 0.3) is 5.91 Å². The quantitative estimate of drug-likeness (QED) is 0.647. The monoisotopic (exact) mass is 418 g/mol. The van der Waals surface area contributed by atoms with Gasteiger partial charge in [0, 0.05) is 12.8 Å². The lowest BCUT2D eigenvalue weighted by atomic mass is 10.1. The molecule has 0 bridgehead atoms. The number of aryl methyl sites for hydroxylation is 1. The van der Waals surface area contributed by atoms with Crippen LogP contribution in [0.3, 0.4) is 0 Å². The molecule has 0 saturated heterocycles. The molecule has 0 heterocycles. The molecule has 0 aromatic heterocycles. The van der Waals surface area contributed by atoms with Crippen LogP contribution in [0.1, 0.15) is 27.9 Å². The van der Waals surface area contributed by atoms with Gasteiger partial charge in [0.05, 0.1) is 18.4 Å². The van der Waals surface area contributed by atoms with Crippen LogP contribution in [0.5, 0.6) is 5.75 Å². The summed E-state index contributed by atoms with van der Waals surface area (Å²) in [6.07, 6.45) is 1.07. The number of carbonyl (C=O) groups excluding carboxylic acids is 2. The Labute approximate surface area is 171 Å². The van der Waals surface area contributed by atoms with Crippen LogP contribution in [0.4, 0.5) is 0 Å². The van der Waals surface area contributed by atoms with Crippen LogP contribution in [0, 0.1) is 6.92 Å². The zero-order valence-corrected chi connectivity index (χ0v) is 17.6. The molecule has 7 nitrogen and oxygen atoms in total. The van der Waals surface area contributed by atoms with Crippen LogP contribution in [0.25, 0.3) is 0 Å². The van der Waals surface area contributed by atoms with E-state index in [1.165, 1.54) is 7.11 Å². The first-order valence-corrected chi connectivity index (χ1v) is 11.2. The summed E-state index contributed by atoms with van der Waals surface area (Å²) >= 11 is 0. The molecule has 0 radical (unpaired) electrons. The molecule has 0 fully saturated rings. The topological polar surface area (TPSA) is 102 Å². The van der Waals surface area contributed by atoms with Crippen LogP contribution in [0.15, 0.2) is 48.5 Å². The number of methoxy groups -OCH3 is 1. The fourth-order valence-corrected chi connectivity index (χ4v) is 3.45. The van der Waals surface area contributed by atoms with Gasteiger partial charge in [-0.15, -0.1) is 0 Å². The molecule has 0 aliphatic heterocycles. The lowest BCUT2D eigenvalue weighted by molar-refractivity contribution is -0.123. The van der Waals surface area contributed by atoms with Crippen molar-refractivity contribution in [3.63, 3.8) is 0 Å². The first-order chi connectivity index (χ1) is 13.7. The second kappa shape index (κ2) is 10.1. The van der Waals surface area contributed by atoms with Crippen LogP contribution >= 0.6 is 0 Å². The van der Waals surface area contributed by atoms with E-state index in [-0.39, 0.29) is 24.3 Å². The molecule has 156 valence electrons. The van der Waals surface area contributed by atoms with E-state index in [1.807, 2.05) is 31.2 Å². The number of para-hydroxylation sites is 1. The van der Waals surface area contributed by atoms with Crippen molar-refractivity contribution in [3.8, 4) is 5.75 Å². The van der Waals surface area contributed by atoms with Crippen LogP contribution in [-0.4, -0.2) is 45.4 Å². The van der Waals surface area contributed by atoms with Gasteiger partial charge in [0.1, 0.15) is 21.6 Å². The van der Waals surface area contributed by atoms with Gasteiger partial charge in [-0.3, -0.25) is 9.59 Å². The third-order valence-electron chi connectivity index (χ3n) is 4.47. The van der Waals surface area contributed by atoms with Gasteiger partial charge in [-0.25, -0.2) is 8.42 Å². The maximum absolute atomic E-state index is 12.7. The van der Waals surface area contributed by atoms with Crippen molar-refractivity contribution in [1.82, 2.24) is 10.6 Å². The number of hydrogen-bond donors (Lipinski definition) is 2. The predicted molar refractivity (Wildman–Crippen MR) is 112 cm³/mol. The zero-order valence-electron chi connectivity index (χ0n) is 16.8. The summed E-state index contributed by atoms with van der Waals surface area (Å²) in [6.45, 7) is 2.22. The Kier molecular flexibility index (Phi) is 7.78. The Balaban J connectivity index is 2.14. The van der Waals surface area contributed by atoms with Gasteiger partial charge in [-0.2, -0.15) is 0 Å². The second-order valence-electron chi connectivity index (χ2n) is 6.79. The fourth-order valence-electron chi connectivity index (χ4n) is 2.78. The second-order valence-corrected chi connectivity index (χ2v) is 9.05. The third kappa shape index (κ3) is 6.90. The number of carbonyl (C=O) groups is 2. The highest BCUT2D eigenvalue weighted by molar-refractivity contribution is 7.90. The normalized spacial score (nSPS) is 12.1. The smallest absolute Gasteiger partial charge is 0.255 e. The molecule has 29 heavy (non-hydrogen) atoms. The minimum Gasteiger partial charge on any atom is -0.496 e. The maximum atomic E-state index is 12.7. The van der Waals surface area contributed by atoms with Gasteiger partial charge in [-0.05, 0) is 36.6 Å². The molecule has 2 N–H and O–H groups in total. The highest BCUT2D eigenvalue weighted by atomic mass is 32.2. The molecular weight excluding hydrogens is 392 g/mol. The maximum Gasteiger partial charge on any atom is 0.255 e. The van der Waals surface area contributed by atoms with Crippen molar-refractivity contribution >= 4 is 21.7 Å². The summed E-state index contributed by atoms with van der Waals surface area (Å²) in [4.78, 5) is 25.4. The van der Waals surface area contributed by atoms with E-state index in [4.69, 9.17) is 4.74 Å². The van der Waals surface area contributed by atoms with Crippen molar-refractivity contribution in [2.45, 2.75) is 25.9 Å². The highest BCUT2D eigenvalue weighted by Gasteiger charge is 2.24. The van der Waals surface area contributed by atoms with Crippen molar-refractivity contribution in [3.05, 3.63) is 65.2 Å². The Bertz CT molecular complexity index is 973. The Morgan fingerprint density at radius 1 is 1.07 bits per heavy atom. The van der Waals surface area contributed by atoms with E-state index >= 15 is 0 Å². The molecule has 2 amide bonds. The zero-order chi connectivity index (χ0) is 21.4. The number of rotatable bonds is 9. The van der Waals surface area contributed by atoms with E-state index in [2.05, 4.69) is 10.6 Å². The summed E-state index contributed by atoms with van der Waals surface area (Å²) in [5, 5.41) is 5.42. The van der Waals surface area contributed by atoms with E-state index in [9.17, 15) is 18.0 Å². The average Bonchev–Trinajstić information content (AvgIpc) is 2.69. The number of ether oxygens (including phenoxy) is 1. The van der Waals surface area contributed by atoms with Crippen molar-refractivity contribution in [2.24, 2.45) is 0 Å². The van der Waals surface area contributed by atoms with Crippen LogP contribution in [0.2, 0.25) is 0 Å². The number of benzene rings is 2. The van der Waals surface area contributed by atoms with Crippen molar-refractivity contribution in [2.75, 3.05) is 19.1 Å². The minimum absolute atomic E-state index is 0.0284. The Morgan fingerprint density at radius 2 is 1.72 bits per heavy atom. The number of amides is 2. The van der Waals surface area contributed by atoms with E-state index < -0.39 is 27.7 Å². The fraction of sp³-hybridized carbons (Fsp3) is 0.333. The number of nitrogens with one attached hydrogen (secondary N) is 2. The minimum atomic E-state index is -3.30. The Morgan fingerprint density at radius 3 is 2.38 bits per heavy atom. The van der Waals surface area contributed by atoms with Gasteiger partial charge in [0.2, 0.25) is 5.91 Å². The summed E-state index contributed by atoms with van der Waals surface area (Å²) in [7, 11) is -1.85. The molecule has 0 aliphatic rings. The molecule has 2 aromatic carbocycles. The SMILES string of the molecule is COc1ccccc1C(=O)N[C@H](CCS(C)(=O)=O)C(=O)NCc1ccccc1C. The molecule has 2 rings (SSSR count). The molecule has 2 aromatic rings.